The van der Waals surface area contributed by atoms with Crippen LogP contribution in [0.1, 0.15) is 30.1 Å². The zero-order chi connectivity index (χ0) is 17.3. The minimum absolute atomic E-state index is 0.00233. The van der Waals surface area contributed by atoms with E-state index in [0.29, 0.717) is 11.6 Å². The number of benzene rings is 1. The number of carbonyl (C=O) groups is 1. The monoisotopic (exact) mass is 347 g/mol. The van der Waals surface area contributed by atoms with Gasteiger partial charge in [-0.15, -0.1) is 0 Å². The second-order valence-corrected chi connectivity index (χ2v) is 6.45. The number of anilines is 1. The van der Waals surface area contributed by atoms with Crippen molar-refractivity contribution in [2.75, 3.05) is 18.0 Å². The van der Waals surface area contributed by atoms with Crippen molar-refractivity contribution >= 4 is 23.3 Å². The summed E-state index contributed by atoms with van der Waals surface area (Å²) in [5, 5.41) is 13.5. The molecule has 3 rings (SSSR count). The Morgan fingerprint density at radius 1 is 1.33 bits per heavy atom. The molecule has 0 unspecified atom stereocenters. The summed E-state index contributed by atoms with van der Waals surface area (Å²) in [7, 11) is 0. The fourth-order valence-electron chi connectivity index (χ4n) is 3.06. The summed E-state index contributed by atoms with van der Waals surface area (Å²) in [6, 6.07) is 6.23. The van der Waals surface area contributed by atoms with E-state index in [4.69, 9.17) is 11.6 Å². The summed E-state index contributed by atoms with van der Waals surface area (Å²) in [4.78, 5) is 26.1. The molecule has 126 valence electrons. The van der Waals surface area contributed by atoms with E-state index in [-0.39, 0.29) is 16.3 Å². The molecule has 6 nitrogen and oxygen atoms in total. The van der Waals surface area contributed by atoms with Gasteiger partial charge in [0.25, 0.3) is 5.56 Å². The maximum Gasteiger partial charge on any atom is 0.337 e. The highest BCUT2D eigenvalue weighted by Gasteiger charge is 2.22. The van der Waals surface area contributed by atoms with Crippen molar-refractivity contribution in [3.05, 3.63) is 51.4 Å². The SMILES string of the molecule is C[C@@H]1CCCN(c2cnn(-c3ccccc3C(=O)O)c(=O)c2Cl)C1. The molecule has 1 saturated heterocycles. The van der Waals surface area contributed by atoms with Crippen molar-refractivity contribution in [2.45, 2.75) is 19.8 Å². The minimum Gasteiger partial charge on any atom is -0.478 e. The first kappa shape index (κ1) is 16.5. The molecule has 0 spiro atoms. The van der Waals surface area contributed by atoms with Gasteiger partial charge in [0.15, 0.2) is 0 Å². The number of hydrogen-bond donors (Lipinski definition) is 1. The molecule has 0 aliphatic carbocycles. The van der Waals surface area contributed by atoms with Gasteiger partial charge in [-0.05, 0) is 30.9 Å². The molecular weight excluding hydrogens is 330 g/mol. The molecule has 0 bridgehead atoms. The third-order valence-electron chi connectivity index (χ3n) is 4.26. The van der Waals surface area contributed by atoms with Gasteiger partial charge >= 0.3 is 5.97 Å². The van der Waals surface area contributed by atoms with Gasteiger partial charge in [0.2, 0.25) is 0 Å². The minimum atomic E-state index is -1.12. The molecule has 1 aliphatic rings. The van der Waals surface area contributed by atoms with Crippen molar-refractivity contribution in [3.63, 3.8) is 0 Å². The lowest BCUT2D eigenvalue weighted by atomic mass is 10.00. The van der Waals surface area contributed by atoms with Gasteiger partial charge in [-0.2, -0.15) is 9.78 Å². The van der Waals surface area contributed by atoms with Crippen LogP contribution in [0.5, 0.6) is 0 Å². The van der Waals surface area contributed by atoms with E-state index in [2.05, 4.69) is 16.9 Å². The average Bonchev–Trinajstić information content (AvgIpc) is 2.57. The summed E-state index contributed by atoms with van der Waals surface area (Å²) < 4.78 is 1.04. The first-order valence-electron chi connectivity index (χ1n) is 7.84. The van der Waals surface area contributed by atoms with E-state index < -0.39 is 11.5 Å². The predicted molar refractivity (Wildman–Crippen MR) is 92.4 cm³/mol. The van der Waals surface area contributed by atoms with E-state index in [1.807, 2.05) is 0 Å². The summed E-state index contributed by atoms with van der Waals surface area (Å²) in [5.41, 5.74) is 0.302. The van der Waals surface area contributed by atoms with Crippen molar-refractivity contribution in [1.29, 1.82) is 0 Å². The Kier molecular flexibility index (Phi) is 4.57. The number of nitrogens with zero attached hydrogens (tertiary/aromatic N) is 3. The fourth-order valence-corrected chi connectivity index (χ4v) is 3.31. The van der Waals surface area contributed by atoms with E-state index in [1.165, 1.54) is 12.1 Å². The van der Waals surface area contributed by atoms with Crippen molar-refractivity contribution < 1.29 is 9.90 Å². The van der Waals surface area contributed by atoms with Crippen LogP contribution in [0.15, 0.2) is 35.3 Å². The predicted octanol–water partition coefficient (Wildman–Crippen LogP) is 2.82. The normalized spacial score (nSPS) is 17.8. The molecule has 1 aromatic heterocycles. The highest BCUT2D eigenvalue weighted by molar-refractivity contribution is 6.33. The Bertz CT molecular complexity index is 834. The number of carboxylic acid groups (broad SMARTS) is 1. The molecule has 0 radical (unpaired) electrons. The average molecular weight is 348 g/mol. The van der Waals surface area contributed by atoms with Crippen LogP contribution in [-0.4, -0.2) is 33.9 Å². The Morgan fingerprint density at radius 2 is 2.08 bits per heavy atom. The van der Waals surface area contributed by atoms with Crippen LogP contribution in [0.4, 0.5) is 5.69 Å². The van der Waals surface area contributed by atoms with Crippen molar-refractivity contribution in [3.8, 4) is 5.69 Å². The lowest BCUT2D eigenvalue weighted by Crippen LogP contribution is -2.36. The van der Waals surface area contributed by atoms with Crippen molar-refractivity contribution in [1.82, 2.24) is 9.78 Å². The zero-order valence-corrected chi connectivity index (χ0v) is 14.0. The number of carboxylic acids is 1. The number of aromatic carboxylic acids is 1. The second-order valence-electron chi connectivity index (χ2n) is 6.08. The number of rotatable bonds is 3. The lowest BCUT2D eigenvalue weighted by Gasteiger charge is -2.32. The summed E-state index contributed by atoms with van der Waals surface area (Å²) in [6.07, 6.45) is 3.74. The Labute approximate surface area is 144 Å². The fraction of sp³-hybridized carbons (Fsp3) is 0.353. The largest absolute Gasteiger partial charge is 0.478 e. The molecule has 2 heterocycles. The van der Waals surface area contributed by atoms with E-state index >= 15 is 0 Å². The maximum atomic E-state index is 12.6. The van der Waals surface area contributed by atoms with E-state index in [9.17, 15) is 14.7 Å². The second kappa shape index (κ2) is 6.65. The summed E-state index contributed by atoms with van der Waals surface area (Å²) in [6.45, 7) is 3.83. The van der Waals surface area contributed by atoms with E-state index in [1.54, 1.807) is 18.3 Å². The summed E-state index contributed by atoms with van der Waals surface area (Å²) >= 11 is 6.30. The molecule has 1 aliphatic heterocycles. The highest BCUT2D eigenvalue weighted by atomic mass is 35.5. The highest BCUT2D eigenvalue weighted by Crippen LogP contribution is 2.27. The summed E-state index contributed by atoms with van der Waals surface area (Å²) in [5.74, 6) is -0.589. The molecular formula is C17H18ClN3O3. The standard InChI is InChI=1S/C17H18ClN3O3/c1-11-5-4-8-20(10-11)14-9-19-21(16(22)15(14)18)13-7-3-2-6-12(13)17(23)24/h2-3,6-7,9,11H,4-5,8,10H2,1H3,(H,23,24)/t11-/m1/s1. The molecule has 2 aromatic rings. The molecule has 0 saturated carbocycles. The molecule has 0 amide bonds. The zero-order valence-electron chi connectivity index (χ0n) is 13.3. The number of halogens is 1. The van der Waals surface area contributed by atoms with Crippen LogP contribution in [-0.2, 0) is 0 Å². The first-order chi connectivity index (χ1) is 11.5. The molecule has 1 aromatic carbocycles. The van der Waals surface area contributed by atoms with Crippen LogP contribution in [0, 0.1) is 5.92 Å². The number of hydrogen-bond acceptors (Lipinski definition) is 4. The maximum absolute atomic E-state index is 12.6. The van der Waals surface area contributed by atoms with Crippen LogP contribution < -0.4 is 10.5 Å². The molecule has 1 N–H and O–H groups in total. The van der Waals surface area contributed by atoms with Crippen LogP contribution in [0.2, 0.25) is 5.02 Å². The van der Waals surface area contributed by atoms with Crippen LogP contribution >= 0.6 is 11.6 Å². The van der Waals surface area contributed by atoms with Gasteiger partial charge in [0.1, 0.15) is 5.02 Å². The quantitative estimate of drug-likeness (QED) is 0.924. The van der Waals surface area contributed by atoms with Crippen molar-refractivity contribution in [2.24, 2.45) is 5.92 Å². The van der Waals surface area contributed by atoms with Gasteiger partial charge in [-0.25, -0.2) is 4.79 Å². The Hall–Kier alpha value is -2.34. The lowest BCUT2D eigenvalue weighted by molar-refractivity contribution is 0.0696. The smallest absolute Gasteiger partial charge is 0.337 e. The van der Waals surface area contributed by atoms with Gasteiger partial charge in [-0.1, -0.05) is 30.7 Å². The number of para-hydroxylation sites is 1. The topological polar surface area (TPSA) is 75.4 Å². The van der Waals surface area contributed by atoms with Gasteiger partial charge in [-0.3, -0.25) is 4.79 Å². The van der Waals surface area contributed by atoms with Gasteiger partial charge in [0.05, 0.1) is 23.1 Å². The number of piperidine rings is 1. The van der Waals surface area contributed by atoms with Crippen LogP contribution in [0.25, 0.3) is 5.69 Å². The molecule has 24 heavy (non-hydrogen) atoms. The van der Waals surface area contributed by atoms with Crippen LogP contribution in [0.3, 0.4) is 0 Å². The third kappa shape index (κ3) is 3.01. The first-order valence-corrected chi connectivity index (χ1v) is 8.22. The molecule has 7 heteroatoms. The van der Waals surface area contributed by atoms with Gasteiger partial charge in [0, 0.05) is 13.1 Å². The molecule has 1 atom stereocenters. The Morgan fingerprint density at radius 3 is 2.79 bits per heavy atom. The van der Waals surface area contributed by atoms with Gasteiger partial charge < -0.3 is 10.0 Å². The van der Waals surface area contributed by atoms with E-state index in [0.717, 1.165) is 30.6 Å². The third-order valence-corrected chi connectivity index (χ3v) is 4.62. The molecule has 1 fully saturated rings. The number of aromatic nitrogens is 2. The Balaban J connectivity index is 2.06.